The van der Waals surface area contributed by atoms with Crippen LogP contribution in [-0.2, 0) is 9.53 Å². The summed E-state index contributed by atoms with van der Waals surface area (Å²) in [5.41, 5.74) is 0.810. The van der Waals surface area contributed by atoms with E-state index < -0.39 is 5.97 Å². The molecule has 1 aliphatic carbocycles. The van der Waals surface area contributed by atoms with E-state index in [2.05, 4.69) is 10.6 Å². The molecule has 1 aromatic heterocycles. The largest absolute Gasteiger partial charge is 0.459 e. The molecule has 1 saturated carbocycles. The molecule has 1 fully saturated rings. The maximum absolute atomic E-state index is 11.9. The van der Waals surface area contributed by atoms with Gasteiger partial charge in [0.05, 0.1) is 11.8 Å². The Kier molecular flexibility index (Phi) is 4.60. The minimum Gasteiger partial charge on any atom is -0.459 e. The van der Waals surface area contributed by atoms with Crippen LogP contribution in [0, 0.1) is 0 Å². The van der Waals surface area contributed by atoms with Crippen LogP contribution in [0.3, 0.4) is 0 Å². The van der Waals surface area contributed by atoms with Crippen molar-refractivity contribution in [2.75, 3.05) is 11.9 Å². The van der Waals surface area contributed by atoms with Gasteiger partial charge >= 0.3 is 5.97 Å². The Balaban J connectivity index is 1.50. The lowest BCUT2D eigenvalue weighted by Gasteiger charge is -2.07. The molecule has 7 heteroatoms. The van der Waals surface area contributed by atoms with Crippen molar-refractivity contribution in [3.05, 3.63) is 54.0 Å². The fraction of sp³-hybridized carbons (Fsp3) is 0.235. The van der Waals surface area contributed by atoms with Crippen molar-refractivity contribution in [1.29, 1.82) is 0 Å². The Hall–Kier alpha value is -3.09. The summed E-state index contributed by atoms with van der Waals surface area (Å²) in [6, 6.07) is 9.57. The summed E-state index contributed by atoms with van der Waals surface area (Å²) in [7, 11) is 0. The fourth-order valence-corrected chi connectivity index (χ4v) is 2.00. The number of nitrogens with one attached hydrogen (secondary N) is 2. The Morgan fingerprint density at radius 3 is 2.50 bits per heavy atom. The average Bonchev–Trinajstić information content (AvgIpc) is 3.22. The van der Waals surface area contributed by atoms with Crippen LogP contribution in [0.15, 0.2) is 47.1 Å². The minimum absolute atomic E-state index is 0.195. The molecule has 1 heterocycles. The van der Waals surface area contributed by atoms with Crippen LogP contribution in [0.5, 0.6) is 0 Å². The number of rotatable bonds is 6. The van der Waals surface area contributed by atoms with E-state index >= 15 is 0 Å². The molecule has 0 aliphatic heterocycles. The van der Waals surface area contributed by atoms with Crippen molar-refractivity contribution in [3.63, 3.8) is 0 Å². The van der Waals surface area contributed by atoms with Gasteiger partial charge in [0.25, 0.3) is 11.8 Å². The lowest BCUT2D eigenvalue weighted by molar-refractivity contribution is -0.124. The summed E-state index contributed by atoms with van der Waals surface area (Å²) in [4.78, 5) is 35.2. The van der Waals surface area contributed by atoms with Crippen LogP contribution < -0.4 is 10.6 Å². The number of carbonyl (C=O) groups is 3. The molecular weight excluding hydrogens is 312 g/mol. The highest BCUT2D eigenvalue weighted by Gasteiger charge is 2.23. The highest BCUT2D eigenvalue weighted by molar-refractivity contribution is 6.02. The molecule has 0 atom stereocenters. The molecule has 7 nitrogen and oxygen atoms in total. The zero-order valence-corrected chi connectivity index (χ0v) is 12.8. The first-order chi connectivity index (χ1) is 11.6. The molecule has 24 heavy (non-hydrogen) atoms. The van der Waals surface area contributed by atoms with Gasteiger partial charge in [-0.05, 0) is 49.2 Å². The Labute approximate surface area is 138 Å². The van der Waals surface area contributed by atoms with Crippen LogP contribution in [-0.4, -0.2) is 30.4 Å². The summed E-state index contributed by atoms with van der Waals surface area (Å²) in [5.74, 6) is -1.08. The first-order valence-corrected chi connectivity index (χ1v) is 7.53. The zero-order chi connectivity index (χ0) is 16.9. The number of furan rings is 1. The van der Waals surface area contributed by atoms with E-state index in [1.54, 1.807) is 24.3 Å². The Bertz CT molecular complexity index is 733. The molecule has 0 unspecified atom stereocenters. The number of amides is 2. The van der Waals surface area contributed by atoms with Crippen molar-refractivity contribution >= 4 is 23.5 Å². The van der Waals surface area contributed by atoms with Gasteiger partial charge in [0.15, 0.2) is 12.4 Å². The molecule has 0 spiro atoms. The van der Waals surface area contributed by atoms with Crippen molar-refractivity contribution in [2.45, 2.75) is 18.9 Å². The maximum Gasteiger partial charge on any atom is 0.338 e. The number of ether oxygens (including phenoxy) is 1. The van der Waals surface area contributed by atoms with Gasteiger partial charge in [-0.2, -0.15) is 0 Å². The summed E-state index contributed by atoms with van der Waals surface area (Å²) < 4.78 is 9.94. The second-order valence-electron chi connectivity index (χ2n) is 5.43. The van der Waals surface area contributed by atoms with E-state index in [1.807, 2.05) is 0 Å². The summed E-state index contributed by atoms with van der Waals surface area (Å²) in [6.07, 6.45) is 3.36. The van der Waals surface area contributed by atoms with Gasteiger partial charge in [0, 0.05) is 11.7 Å². The van der Waals surface area contributed by atoms with Crippen LogP contribution in [0.2, 0.25) is 0 Å². The summed E-state index contributed by atoms with van der Waals surface area (Å²) >= 11 is 0. The number of hydrogen-bond donors (Lipinski definition) is 2. The monoisotopic (exact) mass is 328 g/mol. The van der Waals surface area contributed by atoms with Crippen LogP contribution in [0.25, 0.3) is 0 Å². The summed E-state index contributed by atoms with van der Waals surface area (Å²) in [5, 5.41) is 5.37. The molecule has 2 amide bonds. The molecule has 2 aromatic rings. The summed E-state index contributed by atoms with van der Waals surface area (Å²) in [6.45, 7) is -0.299. The maximum atomic E-state index is 11.9. The highest BCUT2D eigenvalue weighted by Crippen LogP contribution is 2.18. The Morgan fingerprint density at radius 1 is 1.12 bits per heavy atom. The predicted molar refractivity (Wildman–Crippen MR) is 84.6 cm³/mol. The van der Waals surface area contributed by atoms with Crippen molar-refractivity contribution in [2.24, 2.45) is 0 Å². The minimum atomic E-state index is -0.593. The van der Waals surface area contributed by atoms with E-state index in [0.29, 0.717) is 11.3 Å². The standard InChI is InChI=1S/C17H16N2O5/c20-15(18-12-7-8-12)10-24-17(22)11-3-5-13(6-4-11)19-16(21)14-2-1-9-23-14/h1-6,9,12H,7-8,10H2,(H,18,20)(H,19,21). The zero-order valence-electron chi connectivity index (χ0n) is 12.8. The molecule has 1 aromatic carbocycles. The normalized spacial score (nSPS) is 13.2. The van der Waals surface area contributed by atoms with Gasteiger partial charge in [-0.1, -0.05) is 0 Å². The molecule has 124 valence electrons. The number of benzene rings is 1. The van der Waals surface area contributed by atoms with Crippen molar-refractivity contribution in [1.82, 2.24) is 5.32 Å². The molecule has 2 N–H and O–H groups in total. The number of carbonyl (C=O) groups excluding carboxylic acids is 3. The quantitative estimate of drug-likeness (QED) is 0.790. The third-order valence-electron chi connectivity index (χ3n) is 3.40. The molecular formula is C17H16N2O5. The van der Waals surface area contributed by atoms with Gasteiger partial charge in [-0.15, -0.1) is 0 Å². The SMILES string of the molecule is O=C(COC(=O)c1ccc(NC(=O)c2ccco2)cc1)NC1CC1. The lowest BCUT2D eigenvalue weighted by atomic mass is 10.2. The van der Waals surface area contributed by atoms with E-state index in [1.165, 1.54) is 18.4 Å². The smallest absolute Gasteiger partial charge is 0.338 e. The Morgan fingerprint density at radius 2 is 1.88 bits per heavy atom. The first-order valence-electron chi connectivity index (χ1n) is 7.53. The van der Waals surface area contributed by atoms with Gasteiger partial charge < -0.3 is 19.8 Å². The van der Waals surface area contributed by atoms with E-state index in [0.717, 1.165) is 12.8 Å². The number of anilines is 1. The van der Waals surface area contributed by atoms with E-state index in [9.17, 15) is 14.4 Å². The van der Waals surface area contributed by atoms with E-state index in [-0.39, 0.29) is 30.2 Å². The second kappa shape index (κ2) is 6.99. The fourth-order valence-electron chi connectivity index (χ4n) is 2.00. The van der Waals surface area contributed by atoms with Crippen LogP contribution in [0.4, 0.5) is 5.69 Å². The van der Waals surface area contributed by atoms with Crippen molar-refractivity contribution < 1.29 is 23.5 Å². The van der Waals surface area contributed by atoms with Gasteiger partial charge in [-0.3, -0.25) is 9.59 Å². The van der Waals surface area contributed by atoms with Crippen molar-refractivity contribution in [3.8, 4) is 0 Å². The third-order valence-corrected chi connectivity index (χ3v) is 3.40. The number of esters is 1. The molecule has 0 radical (unpaired) electrons. The topological polar surface area (TPSA) is 97.6 Å². The van der Waals surface area contributed by atoms with Crippen LogP contribution >= 0.6 is 0 Å². The first kappa shape index (κ1) is 15.8. The highest BCUT2D eigenvalue weighted by atomic mass is 16.5. The van der Waals surface area contributed by atoms with E-state index in [4.69, 9.17) is 9.15 Å². The average molecular weight is 328 g/mol. The lowest BCUT2D eigenvalue weighted by Crippen LogP contribution is -2.30. The predicted octanol–water partition coefficient (Wildman–Crippen LogP) is 1.97. The van der Waals surface area contributed by atoms with Gasteiger partial charge in [0.2, 0.25) is 0 Å². The second-order valence-corrected chi connectivity index (χ2v) is 5.43. The molecule has 0 saturated heterocycles. The number of hydrogen-bond acceptors (Lipinski definition) is 5. The third kappa shape index (κ3) is 4.22. The molecule has 0 bridgehead atoms. The van der Waals surface area contributed by atoms with Crippen LogP contribution in [0.1, 0.15) is 33.8 Å². The van der Waals surface area contributed by atoms with Gasteiger partial charge in [0.1, 0.15) is 0 Å². The molecule has 1 aliphatic rings. The van der Waals surface area contributed by atoms with Gasteiger partial charge in [-0.25, -0.2) is 4.79 Å². The molecule has 3 rings (SSSR count).